The van der Waals surface area contributed by atoms with Gasteiger partial charge in [0.1, 0.15) is 0 Å². The zero-order valence-corrected chi connectivity index (χ0v) is 11.7. The summed E-state index contributed by atoms with van der Waals surface area (Å²) in [5, 5.41) is 0. The first-order chi connectivity index (χ1) is 8.76. The summed E-state index contributed by atoms with van der Waals surface area (Å²) < 4.78 is 5.83. The number of piperidine rings is 1. The molecule has 104 valence electrons. The van der Waals surface area contributed by atoms with E-state index in [1.54, 1.807) is 0 Å². The van der Waals surface area contributed by atoms with Crippen molar-refractivity contribution in [3.8, 4) is 0 Å². The summed E-state index contributed by atoms with van der Waals surface area (Å²) in [5.74, 6) is 1.94. The predicted molar refractivity (Wildman–Crippen MR) is 73.5 cm³/mol. The van der Waals surface area contributed by atoms with Crippen LogP contribution in [0.5, 0.6) is 0 Å². The Morgan fingerprint density at radius 1 is 1.22 bits per heavy atom. The highest BCUT2D eigenvalue weighted by atomic mass is 16.5. The fourth-order valence-electron chi connectivity index (χ4n) is 4.59. The lowest BCUT2D eigenvalue weighted by Gasteiger charge is -2.50. The van der Waals surface area contributed by atoms with Crippen molar-refractivity contribution in [1.29, 1.82) is 0 Å². The average molecular weight is 252 g/mol. The SMILES string of the molecule is CC1OCCC1(CN)N1CCC2CCCCC2C1. The van der Waals surface area contributed by atoms with E-state index in [2.05, 4.69) is 11.8 Å². The second kappa shape index (κ2) is 5.10. The fraction of sp³-hybridized carbons (Fsp3) is 1.00. The molecule has 0 aromatic carbocycles. The summed E-state index contributed by atoms with van der Waals surface area (Å²) in [6, 6.07) is 0. The Bertz CT molecular complexity index is 296. The Kier molecular flexibility index (Phi) is 3.65. The van der Waals surface area contributed by atoms with Gasteiger partial charge in [-0.05, 0) is 44.6 Å². The zero-order chi connectivity index (χ0) is 12.6. The number of nitrogens with two attached hydrogens (primary N) is 1. The average Bonchev–Trinajstić information content (AvgIpc) is 2.80. The molecule has 3 heteroatoms. The minimum atomic E-state index is 0.141. The molecule has 2 saturated heterocycles. The summed E-state index contributed by atoms with van der Waals surface area (Å²) in [6.45, 7) is 6.38. The number of fused-ring (bicyclic) bond motifs is 1. The van der Waals surface area contributed by atoms with E-state index in [0.717, 1.165) is 31.4 Å². The van der Waals surface area contributed by atoms with Crippen molar-refractivity contribution < 1.29 is 4.74 Å². The van der Waals surface area contributed by atoms with E-state index in [4.69, 9.17) is 10.5 Å². The summed E-state index contributed by atoms with van der Waals surface area (Å²) in [5.41, 5.74) is 6.28. The van der Waals surface area contributed by atoms with Crippen molar-refractivity contribution in [1.82, 2.24) is 4.90 Å². The molecule has 0 radical (unpaired) electrons. The molecule has 2 aliphatic heterocycles. The molecule has 0 aromatic heterocycles. The molecule has 0 aromatic rings. The number of hydrogen-bond acceptors (Lipinski definition) is 3. The second-order valence-corrected chi connectivity index (χ2v) is 6.61. The first-order valence-electron chi connectivity index (χ1n) is 7.83. The summed E-state index contributed by atoms with van der Waals surface area (Å²) in [4.78, 5) is 2.69. The van der Waals surface area contributed by atoms with E-state index in [1.165, 1.54) is 45.2 Å². The highest BCUT2D eigenvalue weighted by Crippen LogP contribution is 2.41. The third-order valence-electron chi connectivity index (χ3n) is 5.93. The smallest absolute Gasteiger partial charge is 0.0743 e. The van der Waals surface area contributed by atoms with Crippen LogP contribution in [-0.4, -0.2) is 42.8 Å². The van der Waals surface area contributed by atoms with Crippen LogP contribution in [0.25, 0.3) is 0 Å². The number of nitrogens with zero attached hydrogens (tertiary/aromatic N) is 1. The van der Waals surface area contributed by atoms with Crippen LogP contribution in [0.3, 0.4) is 0 Å². The highest BCUT2D eigenvalue weighted by molar-refractivity contribution is 5.02. The third-order valence-corrected chi connectivity index (χ3v) is 5.93. The Labute approximate surface area is 111 Å². The predicted octanol–water partition coefficient (Wildman–Crippen LogP) is 2.00. The topological polar surface area (TPSA) is 38.5 Å². The lowest BCUT2D eigenvalue weighted by Crippen LogP contribution is -2.61. The number of rotatable bonds is 2. The van der Waals surface area contributed by atoms with E-state index < -0.39 is 0 Å². The van der Waals surface area contributed by atoms with Gasteiger partial charge in [0, 0.05) is 19.7 Å². The van der Waals surface area contributed by atoms with Crippen LogP contribution in [-0.2, 0) is 4.74 Å². The van der Waals surface area contributed by atoms with Crippen molar-refractivity contribution in [2.45, 2.75) is 57.1 Å². The van der Waals surface area contributed by atoms with Gasteiger partial charge in [-0.25, -0.2) is 0 Å². The molecule has 2 N–H and O–H groups in total. The lowest BCUT2D eigenvalue weighted by atomic mass is 9.73. The van der Waals surface area contributed by atoms with Gasteiger partial charge in [-0.3, -0.25) is 4.90 Å². The van der Waals surface area contributed by atoms with Gasteiger partial charge in [-0.2, -0.15) is 0 Å². The van der Waals surface area contributed by atoms with Crippen LogP contribution in [0.1, 0.15) is 45.4 Å². The Hall–Kier alpha value is -0.120. The zero-order valence-electron chi connectivity index (χ0n) is 11.7. The standard InChI is InChI=1S/C15H28N2O/c1-12-15(11-16,7-9-18-12)17-8-6-13-4-2-3-5-14(13)10-17/h12-14H,2-11,16H2,1H3. The minimum absolute atomic E-state index is 0.141. The summed E-state index contributed by atoms with van der Waals surface area (Å²) in [7, 11) is 0. The van der Waals surface area contributed by atoms with Gasteiger partial charge in [0.2, 0.25) is 0 Å². The van der Waals surface area contributed by atoms with Crippen LogP contribution in [0.4, 0.5) is 0 Å². The van der Waals surface area contributed by atoms with Crippen molar-refractivity contribution in [2.24, 2.45) is 17.6 Å². The number of ether oxygens (including phenoxy) is 1. The Morgan fingerprint density at radius 2 is 2.00 bits per heavy atom. The quantitative estimate of drug-likeness (QED) is 0.817. The molecule has 1 saturated carbocycles. The van der Waals surface area contributed by atoms with E-state index in [1.807, 2.05) is 0 Å². The van der Waals surface area contributed by atoms with E-state index in [0.29, 0.717) is 6.10 Å². The van der Waals surface area contributed by atoms with Gasteiger partial charge in [0.05, 0.1) is 11.6 Å². The minimum Gasteiger partial charge on any atom is -0.376 e. The first-order valence-corrected chi connectivity index (χ1v) is 7.83. The van der Waals surface area contributed by atoms with Crippen LogP contribution >= 0.6 is 0 Å². The molecule has 4 unspecified atom stereocenters. The van der Waals surface area contributed by atoms with E-state index >= 15 is 0 Å². The van der Waals surface area contributed by atoms with Gasteiger partial charge < -0.3 is 10.5 Å². The maximum atomic E-state index is 6.14. The van der Waals surface area contributed by atoms with Crippen molar-refractivity contribution >= 4 is 0 Å². The molecule has 1 aliphatic carbocycles. The molecule has 0 amide bonds. The van der Waals surface area contributed by atoms with E-state index in [9.17, 15) is 0 Å². The third kappa shape index (κ3) is 2.00. The molecule has 3 nitrogen and oxygen atoms in total. The van der Waals surface area contributed by atoms with Gasteiger partial charge in [0.25, 0.3) is 0 Å². The van der Waals surface area contributed by atoms with Crippen LogP contribution in [0.2, 0.25) is 0 Å². The lowest BCUT2D eigenvalue weighted by molar-refractivity contribution is -0.0294. The molecular weight excluding hydrogens is 224 g/mol. The highest BCUT2D eigenvalue weighted by Gasteiger charge is 2.47. The van der Waals surface area contributed by atoms with E-state index in [-0.39, 0.29) is 5.54 Å². The maximum Gasteiger partial charge on any atom is 0.0743 e. The molecule has 0 spiro atoms. The molecule has 2 heterocycles. The van der Waals surface area contributed by atoms with Gasteiger partial charge >= 0.3 is 0 Å². The summed E-state index contributed by atoms with van der Waals surface area (Å²) in [6.07, 6.45) is 8.64. The fourth-order valence-corrected chi connectivity index (χ4v) is 4.59. The Morgan fingerprint density at radius 3 is 2.67 bits per heavy atom. The monoisotopic (exact) mass is 252 g/mol. The second-order valence-electron chi connectivity index (χ2n) is 6.61. The molecular formula is C15H28N2O. The molecule has 3 aliphatic rings. The van der Waals surface area contributed by atoms with Crippen molar-refractivity contribution in [3.63, 3.8) is 0 Å². The maximum absolute atomic E-state index is 6.14. The van der Waals surface area contributed by atoms with Gasteiger partial charge in [-0.15, -0.1) is 0 Å². The van der Waals surface area contributed by atoms with Crippen molar-refractivity contribution in [3.05, 3.63) is 0 Å². The first kappa shape index (κ1) is 12.9. The Balaban J connectivity index is 1.72. The number of hydrogen-bond donors (Lipinski definition) is 1. The van der Waals surface area contributed by atoms with Crippen molar-refractivity contribution in [2.75, 3.05) is 26.2 Å². The summed E-state index contributed by atoms with van der Waals surface area (Å²) >= 11 is 0. The molecule has 0 bridgehead atoms. The van der Waals surface area contributed by atoms with Crippen LogP contribution < -0.4 is 5.73 Å². The normalized spacial score (nSPS) is 46.0. The van der Waals surface area contributed by atoms with Gasteiger partial charge in [0.15, 0.2) is 0 Å². The number of likely N-dealkylation sites (tertiary alicyclic amines) is 1. The van der Waals surface area contributed by atoms with Gasteiger partial charge in [-0.1, -0.05) is 19.3 Å². The van der Waals surface area contributed by atoms with Crippen LogP contribution in [0, 0.1) is 11.8 Å². The van der Waals surface area contributed by atoms with Crippen LogP contribution in [0.15, 0.2) is 0 Å². The largest absolute Gasteiger partial charge is 0.376 e. The molecule has 18 heavy (non-hydrogen) atoms. The molecule has 3 rings (SSSR count). The molecule has 4 atom stereocenters. The molecule has 3 fully saturated rings.